The van der Waals surface area contributed by atoms with E-state index in [1.807, 2.05) is 6.20 Å². The number of H-pyrrole nitrogens is 1. The van der Waals surface area contributed by atoms with Crippen LogP contribution in [0.2, 0.25) is 0 Å². The van der Waals surface area contributed by atoms with Gasteiger partial charge < -0.3 is 5.32 Å². The number of hydrogen-bond acceptors (Lipinski definition) is 2. The lowest BCUT2D eigenvalue weighted by molar-refractivity contribution is 0.758. The Morgan fingerprint density at radius 1 is 1.64 bits per heavy atom. The molecule has 1 aliphatic rings. The Kier molecular flexibility index (Phi) is 1.66. The third-order valence-electron chi connectivity index (χ3n) is 2.37. The topological polar surface area (TPSA) is 40.7 Å². The lowest BCUT2D eigenvalue weighted by Gasteiger charge is -2.04. The SMILES string of the molecule is Cc1[nH]ncc1C1CCNC1. The molecule has 1 atom stereocenters. The van der Waals surface area contributed by atoms with Crippen LogP contribution in [0, 0.1) is 6.92 Å². The third kappa shape index (κ3) is 1.16. The number of aromatic nitrogens is 2. The van der Waals surface area contributed by atoms with Gasteiger partial charge in [-0.1, -0.05) is 0 Å². The van der Waals surface area contributed by atoms with Crippen LogP contribution in [-0.4, -0.2) is 23.3 Å². The van der Waals surface area contributed by atoms with E-state index in [4.69, 9.17) is 0 Å². The average molecular weight is 151 g/mol. The van der Waals surface area contributed by atoms with Crippen molar-refractivity contribution in [2.45, 2.75) is 19.3 Å². The van der Waals surface area contributed by atoms with E-state index in [1.165, 1.54) is 17.7 Å². The predicted octanol–water partition coefficient (Wildman–Crippen LogP) is 0.795. The smallest absolute Gasteiger partial charge is 0.0525 e. The van der Waals surface area contributed by atoms with Crippen molar-refractivity contribution in [1.29, 1.82) is 0 Å². The zero-order chi connectivity index (χ0) is 7.68. The molecule has 0 bridgehead atoms. The molecular weight excluding hydrogens is 138 g/mol. The molecule has 0 radical (unpaired) electrons. The van der Waals surface area contributed by atoms with Gasteiger partial charge in [-0.25, -0.2) is 0 Å². The molecule has 2 heterocycles. The highest BCUT2D eigenvalue weighted by Crippen LogP contribution is 2.23. The largest absolute Gasteiger partial charge is 0.316 e. The lowest BCUT2D eigenvalue weighted by atomic mass is 10.00. The molecule has 1 aromatic heterocycles. The first-order valence-electron chi connectivity index (χ1n) is 4.08. The van der Waals surface area contributed by atoms with Crippen molar-refractivity contribution < 1.29 is 0 Å². The Balaban J connectivity index is 2.21. The van der Waals surface area contributed by atoms with E-state index in [-0.39, 0.29) is 0 Å². The maximum absolute atomic E-state index is 4.01. The molecular formula is C8H13N3. The molecule has 1 saturated heterocycles. The highest BCUT2D eigenvalue weighted by atomic mass is 15.1. The Bertz CT molecular complexity index is 235. The number of nitrogens with one attached hydrogen (secondary N) is 2. The van der Waals surface area contributed by atoms with E-state index in [9.17, 15) is 0 Å². The van der Waals surface area contributed by atoms with Crippen LogP contribution >= 0.6 is 0 Å². The molecule has 0 aliphatic carbocycles. The summed E-state index contributed by atoms with van der Waals surface area (Å²) in [6.45, 7) is 4.34. The molecule has 0 spiro atoms. The summed E-state index contributed by atoms with van der Waals surface area (Å²) < 4.78 is 0. The minimum absolute atomic E-state index is 0.689. The number of nitrogens with zero attached hydrogens (tertiary/aromatic N) is 1. The van der Waals surface area contributed by atoms with E-state index >= 15 is 0 Å². The van der Waals surface area contributed by atoms with Gasteiger partial charge in [-0.2, -0.15) is 5.10 Å². The Morgan fingerprint density at radius 3 is 3.09 bits per heavy atom. The Labute approximate surface area is 66.2 Å². The number of aromatic amines is 1. The normalized spacial score (nSPS) is 24.3. The number of aryl methyl sites for hydroxylation is 1. The number of hydrogen-bond donors (Lipinski definition) is 2. The minimum atomic E-state index is 0.689. The van der Waals surface area contributed by atoms with Gasteiger partial charge in [0, 0.05) is 18.2 Å². The van der Waals surface area contributed by atoms with Crippen LogP contribution in [0.4, 0.5) is 0 Å². The van der Waals surface area contributed by atoms with E-state index in [0.717, 1.165) is 13.1 Å². The minimum Gasteiger partial charge on any atom is -0.316 e. The summed E-state index contributed by atoms with van der Waals surface area (Å²) in [7, 11) is 0. The first-order valence-corrected chi connectivity index (χ1v) is 4.08. The van der Waals surface area contributed by atoms with Crippen molar-refractivity contribution in [3.8, 4) is 0 Å². The second kappa shape index (κ2) is 2.66. The summed E-state index contributed by atoms with van der Waals surface area (Å²) in [5.74, 6) is 0.689. The van der Waals surface area contributed by atoms with Gasteiger partial charge in [-0.05, 0) is 25.5 Å². The molecule has 0 amide bonds. The van der Waals surface area contributed by atoms with Crippen LogP contribution in [0.3, 0.4) is 0 Å². The first-order chi connectivity index (χ1) is 5.38. The standard InChI is InChI=1S/C8H13N3/c1-6-8(5-10-11-6)7-2-3-9-4-7/h5,7,9H,2-4H2,1H3,(H,10,11). The Morgan fingerprint density at radius 2 is 2.55 bits per heavy atom. The van der Waals surface area contributed by atoms with Gasteiger partial charge in [-0.3, -0.25) is 5.10 Å². The van der Waals surface area contributed by atoms with Crippen molar-refractivity contribution in [1.82, 2.24) is 15.5 Å². The van der Waals surface area contributed by atoms with Crippen LogP contribution in [0.5, 0.6) is 0 Å². The summed E-state index contributed by atoms with van der Waals surface area (Å²) in [5.41, 5.74) is 2.61. The monoisotopic (exact) mass is 151 g/mol. The second-order valence-electron chi connectivity index (χ2n) is 3.14. The Hall–Kier alpha value is -0.830. The zero-order valence-electron chi connectivity index (χ0n) is 6.72. The molecule has 1 aromatic rings. The second-order valence-corrected chi connectivity index (χ2v) is 3.14. The van der Waals surface area contributed by atoms with Crippen molar-refractivity contribution in [2.75, 3.05) is 13.1 Å². The van der Waals surface area contributed by atoms with E-state index in [0.29, 0.717) is 5.92 Å². The van der Waals surface area contributed by atoms with Gasteiger partial charge in [0.2, 0.25) is 0 Å². The molecule has 1 fully saturated rings. The fourth-order valence-corrected chi connectivity index (χ4v) is 1.69. The van der Waals surface area contributed by atoms with Gasteiger partial charge in [0.1, 0.15) is 0 Å². The van der Waals surface area contributed by atoms with Crippen LogP contribution in [0.15, 0.2) is 6.20 Å². The summed E-state index contributed by atoms with van der Waals surface area (Å²) in [4.78, 5) is 0. The summed E-state index contributed by atoms with van der Waals surface area (Å²) in [6.07, 6.45) is 3.20. The van der Waals surface area contributed by atoms with Gasteiger partial charge in [0.05, 0.1) is 6.20 Å². The van der Waals surface area contributed by atoms with Crippen LogP contribution in [0.25, 0.3) is 0 Å². The van der Waals surface area contributed by atoms with Crippen molar-refractivity contribution in [3.63, 3.8) is 0 Å². The van der Waals surface area contributed by atoms with E-state index < -0.39 is 0 Å². The summed E-state index contributed by atoms with van der Waals surface area (Å²) >= 11 is 0. The van der Waals surface area contributed by atoms with Crippen molar-refractivity contribution in [2.24, 2.45) is 0 Å². The van der Waals surface area contributed by atoms with Crippen molar-refractivity contribution in [3.05, 3.63) is 17.5 Å². The van der Waals surface area contributed by atoms with Gasteiger partial charge in [0.15, 0.2) is 0 Å². The average Bonchev–Trinajstić information content (AvgIpc) is 2.55. The molecule has 1 unspecified atom stereocenters. The molecule has 11 heavy (non-hydrogen) atoms. The van der Waals surface area contributed by atoms with E-state index in [1.54, 1.807) is 0 Å². The summed E-state index contributed by atoms with van der Waals surface area (Å²) in [5, 5.41) is 10.3. The quantitative estimate of drug-likeness (QED) is 0.623. The van der Waals surface area contributed by atoms with Gasteiger partial charge in [0.25, 0.3) is 0 Å². The predicted molar refractivity (Wildman–Crippen MR) is 43.6 cm³/mol. The lowest BCUT2D eigenvalue weighted by Crippen LogP contribution is -2.08. The molecule has 60 valence electrons. The molecule has 2 N–H and O–H groups in total. The van der Waals surface area contributed by atoms with E-state index in [2.05, 4.69) is 22.4 Å². The molecule has 0 saturated carbocycles. The highest BCUT2D eigenvalue weighted by Gasteiger charge is 2.18. The maximum Gasteiger partial charge on any atom is 0.0525 e. The molecule has 3 nitrogen and oxygen atoms in total. The highest BCUT2D eigenvalue weighted by molar-refractivity contribution is 5.21. The van der Waals surface area contributed by atoms with Crippen LogP contribution < -0.4 is 5.32 Å². The zero-order valence-corrected chi connectivity index (χ0v) is 6.72. The van der Waals surface area contributed by atoms with Crippen LogP contribution in [0.1, 0.15) is 23.6 Å². The fraction of sp³-hybridized carbons (Fsp3) is 0.625. The molecule has 0 aromatic carbocycles. The number of rotatable bonds is 1. The molecule has 2 rings (SSSR count). The van der Waals surface area contributed by atoms with Gasteiger partial charge >= 0.3 is 0 Å². The summed E-state index contributed by atoms with van der Waals surface area (Å²) in [6, 6.07) is 0. The molecule has 3 heteroatoms. The fourth-order valence-electron chi connectivity index (χ4n) is 1.69. The van der Waals surface area contributed by atoms with Gasteiger partial charge in [-0.15, -0.1) is 0 Å². The third-order valence-corrected chi connectivity index (χ3v) is 2.37. The first kappa shape index (κ1) is 6.85. The maximum atomic E-state index is 4.01. The van der Waals surface area contributed by atoms with Crippen LogP contribution in [-0.2, 0) is 0 Å². The van der Waals surface area contributed by atoms with Crippen molar-refractivity contribution >= 4 is 0 Å². The molecule has 1 aliphatic heterocycles.